The number of halogens is 4. The summed E-state index contributed by atoms with van der Waals surface area (Å²) in [5.74, 6) is 0.837. The molecule has 0 aliphatic carbocycles. The number of aromatic nitrogens is 4. The predicted octanol–water partition coefficient (Wildman–Crippen LogP) is 5.81. The molecule has 2 aliphatic heterocycles. The maximum Gasteiger partial charge on any atom is 0.417 e. The number of rotatable bonds is 7. The molecule has 3 aromatic heterocycles. The molecule has 6 rings (SSSR count). The van der Waals surface area contributed by atoms with Gasteiger partial charge in [-0.05, 0) is 48.6 Å². The molecule has 0 atom stereocenters. The van der Waals surface area contributed by atoms with E-state index in [4.69, 9.17) is 4.74 Å². The number of piperidine rings is 2. The molecular formula is C31H31F4N7O3. The highest BCUT2D eigenvalue weighted by molar-refractivity contribution is 5.92. The molecule has 1 amide bonds. The fraction of sp³-hybridized carbons (Fsp3) is 0.355. The molecule has 10 nitrogen and oxygen atoms in total. The number of pyridine rings is 1. The Balaban J connectivity index is 1.15. The lowest BCUT2D eigenvalue weighted by Crippen LogP contribution is -2.53. The fourth-order valence-corrected chi connectivity index (χ4v) is 5.89. The Hall–Kier alpha value is -4.72. The smallest absolute Gasteiger partial charge is 0.417 e. The van der Waals surface area contributed by atoms with E-state index in [1.54, 1.807) is 28.0 Å². The van der Waals surface area contributed by atoms with Crippen molar-refractivity contribution in [1.82, 2.24) is 24.8 Å². The molecule has 0 spiro atoms. The van der Waals surface area contributed by atoms with Crippen LogP contribution in [0.3, 0.4) is 0 Å². The quantitative estimate of drug-likeness (QED) is 0.174. The minimum atomic E-state index is -4.70. The van der Waals surface area contributed by atoms with Gasteiger partial charge in [0.15, 0.2) is 5.60 Å². The van der Waals surface area contributed by atoms with Gasteiger partial charge in [0.25, 0.3) is 0 Å². The average Bonchev–Trinajstić information content (AvgIpc) is 3.47. The first-order valence-electron chi connectivity index (χ1n) is 14.5. The SMILES string of the molecule is C=CC(=O)N1CCC(c2c[nH]c3ncnc(Nc4ccc(Oc5ccnc(N6CCC(O)(C(F)(F)F)CC6)c5)cc4F)c23)CC1. The number of H-pyrrole nitrogens is 1. The Morgan fingerprint density at radius 3 is 2.51 bits per heavy atom. The number of likely N-dealkylation sites (tertiary alicyclic amines) is 1. The van der Waals surface area contributed by atoms with Crippen molar-refractivity contribution in [2.45, 2.75) is 43.4 Å². The molecule has 2 saturated heterocycles. The summed E-state index contributed by atoms with van der Waals surface area (Å²) in [7, 11) is 0. The summed E-state index contributed by atoms with van der Waals surface area (Å²) >= 11 is 0. The first-order valence-corrected chi connectivity index (χ1v) is 14.5. The van der Waals surface area contributed by atoms with Crippen molar-refractivity contribution in [1.29, 1.82) is 0 Å². The number of amides is 1. The van der Waals surface area contributed by atoms with Crippen molar-refractivity contribution in [3.63, 3.8) is 0 Å². The number of carbonyl (C=O) groups excluding carboxylic acids is 1. The number of nitrogens with one attached hydrogen (secondary N) is 2. The van der Waals surface area contributed by atoms with Crippen molar-refractivity contribution >= 4 is 34.3 Å². The van der Waals surface area contributed by atoms with Gasteiger partial charge in [0.05, 0.1) is 11.1 Å². The van der Waals surface area contributed by atoms with Crippen LogP contribution in [0.4, 0.5) is 34.9 Å². The fourth-order valence-electron chi connectivity index (χ4n) is 5.89. The summed E-state index contributed by atoms with van der Waals surface area (Å²) in [6.07, 6.45) is 1.92. The first-order chi connectivity index (χ1) is 21.5. The van der Waals surface area contributed by atoms with Crippen LogP contribution >= 0.6 is 0 Å². The van der Waals surface area contributed by atoms with E-state index in [0.717, 1.165) is 23.8 Å². The Morgan fingerprint density at radius 1 is 1.09 bits per heavy atom. The zero-order chi connectivity index (χ0) is 31.8. The number of aromatic amines is 1. The molecule has 0 saturated carbocycles. The van der Waals surface area contributed by atoms with Crippen LogP contribution in [0, 0.1) is 5.82 Å². The van der Waals surface area contributed by atoms with Crippen LogP contribution < -0.4 is 15.0 Å². The average molecular weight is 626 g/mol. The standard InChI is InChI=1S/C31H31F4N7O3/c1-2-26(43)42-11-6-19(7-12-42)22-17-37-28-27(22)29(39-18-38-28)40-24-4-3-20(15-23(24)32)45-21-5-10-36-25(16-21)41-13-8-30(44,9-14-41)31(33,34)35/h2-5,10,15-19,44H,1,6-9,11-14H2,(H2,37,38,39,40). The molecule has 1 aromatic carbocycles. The maximum atomic E-state index is 15.3. The summed E-state index contributed by atoms with van der Waals surface area (Å²) in [6, 6.07) is 7.44. The highest BCUT2D eigenvalue weighted by Gasteiger charge is 2.54. The largest absolute Gasteiger partial charge is 0.457 e. The van der Waals surface area contributed by atoms with E-state index in [1.165, 1.54) is 30.7 Å². The zero-order valence-electron chi connectivity index (χ0n) is 24.1. The number of fused-ring (bicyclic) bond motifs is 1. The van der Waals surface area contributed by atoms with E-state index in [2.05, 4.69) is 31.8 Å². The third-order valence-electron chi connectivity index (χ3n) is 8.51. The topological polar surface area (TPSA) is 120 Å². The third kappa shape index (κ3) is 6.14. The predicted molar refractivity (Wildman–Crippen MR) is 159 cm³/mol. The van der Waals surface area contributed by atoms with Crippen LogP contribution in [0.25, 0.3) is 11.0 Å². The molecule has 3 N–H and O–H groups in total. The lowest BCUT2D eigenvalue weighted by Gasteiger charge is -2.39. The van der Waals surface area contributed by atoms with Gasteiger partial charge in [-0.2, -0.15) is 13.2 Å². The van der Waals surface area contributed by atoms with Gasteiger partial charge in [-0.15, -0.1) is 0 Å². The monoisotopic (exact) mass is 625 g/mol. The number of hydrogen-bond donors (Lipinski definition) is 3. The van der Waals surface area contributed by atoms with Gasteiger partial charge in [-0.3, -0.25) is 4.79 Å². The van der Waals surface area contributed by atoms with Gasteiger partial charge < -0.3 is 29.9 Å². The highest BCUT2D eigenvalue weighted by Crippen LogP contribution is 2.40. The molecule has 14 heteroatoms. The Morgan fingerprint density at radius 2 is 1.82 bits per heavy atom. The van der Waals surface area contributed by atoms with Crippen molar-refractivity contribution in [2.75, 3.05) is 36.4 Å². The highest BCUT2D eigenvalue weighted by atomic mass is 19.4. The molecule has 0 unspecified atom stereocenters. The van der Waals surface area contributed by atoms with Crippen LogP contribution in [-0.4, -0.2) is 73.8 Å². The Kier molecular flexibility index (Phi) is 8.08. The number of nitrogens with zero attached hydrogens (tertiary/aromatic N) is 5. The molecule has 0 bridgehead atoms. The van der Waals surface area contributed by atoms with Crippen molar-refractivity contribution in [3.8, 4) is 11.5 Å². The van der Waals surface area contributed by atoms with E-state index in [9.17, 15) is 23.1 Å². The van der Waals surface area contributed by atoms with Gasteiger partial charge >= 0.3 is 6.18 Å². The molecule has 4 aromatic rings. The second-order valence-electron chi connectivity index (χ2n) is 11.2. The van der Waals surface area contributed by atoms with Gasteiger partial charge in [-0.1, -0.05) is 6.58 Å². The number of ether oxygens (including phenoxy) is 1. The van der Waals surface area contributed by atoms with Crippen molar-refractivity contribution in [3.05, 3.63) is 73.1 Å². The summed E-state index contributed by atoms with van der Waals surface area (Å²) in [5.41, 5.74) is -0.945. The molecule has 236 valence electrons. The normalized spacial score (nSPS) is 17.4. The second-order valence-corrected chi connectivity index (χ2v) is 11.2. The van der Waals surface area contributed by atoms with E-state index < -0.39 is 30.4 Å². The Bertz CT molecular complexity index is 1710. The lowest BCUT2D eigenvalue weighted by atomic mass is 9.89. The summed E-state index contributed by atoms with van der Waals surface area (Å²) in [4.78, 5) is 31.5. The number of anilines is 3. The molecule has 5 heterocycles. The van der Waals surface area contributed by atoms with Crippen LogP contribution in [0.2, 0.25) is 0 Å². The number of aliphatic hydroxyl groups is 1. The van der Waals surface area contributed by atoms with Crippen LogP contribution in [0.1, 0.15) is 37.2 Å². The molecule has 2 aliphatic rings. The number of benzene rings is 1. The molecular weight excluding hydrogens is 594 g/mol. The van der Waals surface area contributed by atoms with Crippen LogP contribution in [0.15, 0.2) is 61.7 Å². The van der Waals surface area contributed by atoms with E-state index in [-0.39, 0.29) is 36.4 Å². The van der Waals surface area contributed by atoms with Crippen molar-refractivity contribution < 1.29 is 32.2 Å². The lowest BCUT2D eigenvalue weighted by molar-refractivity contribution is -0.266. The third-order valence-corrected chi connectivity index (χ3v) is 8.51. The van der Waals surface area contributed by atoms with Gasteiger partial charge in [0, 0.05) is 63.5 Å². The molecule has 0 radical (unpaired) electrons. The van der Waals surface area contributed by atoms with Gasteiger partial charge in [0.2, 0.25) is 5.91 Å². The maximum absolute atomic E-state index is 15.3. The van der Waals surface area contributed by atoms with Crippen LogP contribution in [-0.2, 0) is 4.79 Å². The van der Waals surface area contributed by atoms with Gasteiger partial charge in [0.1, 0.15) is 40.9 Å². The second kappa shape index (κ2) is 12.0. The van der Waals surface area contributed by atoms with E-state index in [1.807, 2.05) is 6.20 Å². The van der Waals surface area contributed by atoms with Crippen molar-refractivity contribution in [2.24, 2.45) is 0 Å². The zero-order valence-corrected chi connectivity index (χ0v) is 24.1. The Labute approximate surface area is 255 Å². The molecule has 2 fully saturated rings. The summed E-state index contributed by atoms with van der Waals surface area (Å²) in [5, 5.41) is 13.8. The minimum Gasteiger partial charge on any atom is -0.457 e. The molecule has 45 heavy (non-hydrogen) atoms. The van der Waals surface area contributed by atoms with Crippen LogP contribution in [0.5, 0.6) is 11.5 Å². The van der Waals surface area contributed by atoms with E-state index >= 15 is 4.39 Å². The minimum absolute atomic E-state index is 0.0329. The number of hydrogen-bond acceptors (Lipinski definition) is 8. The van der Waals surface area contributed by atoms with E-state index in [0.29, 0.717) is 36.1 Å². The number of carbonyl (C=O) groups is 1. The van der Waals surface area contributed by atoms with Gasteiger partial charge in [-0.25, -0.2) is 19.3 Å². The first kappa shape index (κ1) is 30.3. The summed E-state index contributed by atoms with van der Waals surface area (Å²) in [6.45, 7) is 4.70. The summed E-state index contributed by atoms with van der Waals surface area (Å²) < 4.78 is 60.7. The number of alkyl halides is 3.